The fourth-order valence-electron chi connectivity index (χ4n) is 4.49. The van der Waals surface area contributed by atoms with Crippen LogP contribution in [0, 0.1) is 24.1 Å². The second kappa shape index (κ2) is 9.13. The third-order valence-corrected chi connectivity index (χ3v) is 6.64. The zero-order valence-electron chi connectivity index (χ0n) is 21.1. The number of amidine groups is 1. The maximum atomic E-state index is 15.0. The minimum Gasteiger partial charge on any atom is -0.357 e. The topological polar surface area (TPSA) is 106 Å². The smallest absolute Gasteiger partial charge is 0.255 e. The van der Waals surface area contributed by atoms with Crippen molar-refractivity contribution in [2.24, 2.45) is 4.99 Å². The number of carbonyl (C=O) groups excluding carboxylic acids is 1. The van der Waals surface area contributed by atoms with Crippen LogP contribution >= 0.6 is 0 Å². The summed E-state index contributed by atoms with van der Waals surface area (Å²) in [6, 6.07) is 12.1. The van der Waals surface area contributed by atoms with Gasteiger partial charge >= 0.3 is 0 Å². The van der Waals surface area contributed by atoms with Gasteiger partial charge in [0.1, 0.15) is 17.5 Å². The predicted octanol–water partition coefficient (Wildman–Crippen LogP) is 4.79. The number of fused-ring (bicyclic) bond motifs is 3. The van der Waals surface area contributed by atoms with E-state index in [4.69, 9.17) is 4.99 Å². The molecule has 2 N–H and O–H groups in total. The molecule has 2 aliphatic rings. The third kappa shape index (κ3) is 4.31. The Morgan fingerprint density at radius 1 is 1.24 bits per heavy atom. The number of hydrogen-bond donors (Lipinski definition) is 2. The van der Waals surface area contributed by atoms with Gasteiger partial charge in [0, 0.05) is 36.5 Å². The van der Waals surface area contributed by atoms with Crippen molar-refractivity contribution < 1.29 is 9.18 Å². The van der Waals surface area contributed by atoms with Gasteiger partial charge in [0.25, 0.3) is 5.91 Å². The number of aromatic nitrogens is 2. The van der Waals surface area contributed by atoms with Crippen molar-refractivity contribution >= 4 is 40.8 Å². The van der Waals surface area contributed by atoms with Crippen LogP contribution in [0.25, 0.3) is 11.6 Å². The van der Waals surface area contributed by atoms with Crippen LogP contribution in [0.2, 0.25) is 0 Å². The molecule has 5 rings (SSSR count). The van der Waals surface area contributed by atoms with Crippen molar-refractivity contribution in [2.45, 2.75) is 26.2 Å². The summed E-state index contributed by atoms with van der Waals surface area (Å²) in [5.41, 5.74) is 3.48. The van der Waals surface area contributed by atoms with E-state index >= 15 is 4.39 Å². The molecule has 0 atom stereocenters. The zero-order chi connectivity index (χ0) is 26.3. The normalized spacial score (nSPS) is 14.2. The van der Waals surface area contributed by atoms with Gasteiger partial charge in [-0.3, -0.25) is 9.79 Å². The number of anilines is 3. The molecule has 1 aromatic heterocycles. The first-order chi connectivity index (χ1) is 17.7. The van der Waals surface area contributed by atoms with Gasteiger partial charge in [-0.15, -0.1) is 0 Å². The van der Waals surface area contributed by atoms with E-state index in [1.807, 2.05) is 17.9 Å². The number of nitrogens with one attached hydrogen (secondary N) is 2. The van der Waals surface area contributed by atoms with Crippen molar-refractivity contribution in [3.63, 3.8) is 0 Å². The second-order valence-corrected chi connectivity index (χ2v) is 9.56. The molecular formula is C28H26FN7O. The average molecular weight is 496 g/mol. The van der Waals surface area contributed by atoms with E-state index in [-0.39, 0.29) is 5.69 Å². The summed E-state index contributed by atoms with van der Waals surface area (Å²) in [6.45, 7) is 6.69. The van der Waals surface area contributed by atoms with Gasteiger partial charge in [-0.1, -0.05) is 12.1 Å². The van der Waals surface area contributed by atoms with Crippen molar-refractivity contribution in [1.82, 2.24) is 9.97 Å². The highest BCUT2D eigenvalue weighted by molar-refractivity contribution is 6.36. The Morgan fingerprint density at radius 2 is 2.05 bits per heavy atom. The first kappa shape index (κ1) is 24.1. The number of nitrogens with zero attached hydrogens (tertiary/aromatic N) is 5. The Hall–Kier alpha value is -4.58. The van der Waals surface area contributed by atoms with Crippen LogP contribution in [0.1, 0.15) is 46.5 Å². The molecule has 0 bridgehead atoms. The molecule has 8 nitrogen and oxygen atoms in total. The number of aliphatic imine (C=N–C) groups is 1. The molecule has 2 aromatic carbocycles. The summed E-state index contributed by atoms with van der Waals surface area (Å²) in [5.74, 6) is 1.05. The largest absolute Gasteiger partial charge is 0.357 e. The molecular weight excluding hydrogens is 469 g/mol. The molecule has 0 fully saturated rings. The maximum absolute atomic E-state index is 15.0. The van der Waals surface area contributed by atoms with Gasteiger partial charge in [0.05, 0.1) is 23.7 Å². The number of carbonyl (C=O) groups is 1. The van der Waals surface area contributed by atoms with E-state index in [9.17, 15) is 10.1 Å². The van der Waals surface area contributed by atoms with Crippen LogP contribution in [0.15, 0.2) is 47.6 Å². The Kier molecular flexibility index (Phi) is 5.96. The number of rotatable bonds is 5. The summed E-state index contributed by atoms with van der Waals surface area (Å²) < 4.78 is 15.0. The van der Waals surface area contributed by atoms with Gasteiger partial charge in [0.15, 0.2) is 0 Å². The highest BCUT2D eigenvalue weighted by Crippen LogP contribution is 2.37. The quantitative estimate of drug-likeness (QED) is 0.527. The van der Waals surface area contributed by atoms with Gasteiger partial charge in [-0.2, -0.15) is 10.2 Å². The fraction of sp³-hybridized carbons (Fsp3) is 0.250. The number of hydrogen-bond acceptors (Lipinski definition) is 7. The second-order valence-electron chi connectivity index (χ2n) is 9.56. The van der Waals surface area contributed by atoms with Gasteiger partial charge < -0.3 is 15.5 Å². The molecule has 37 heavy (non-hydrogen) atoms. The number of benzene rings is 2. The molecule has 186 valence electrons. The molecule has 2 aliphatic heterocycles. The Labute approximate surface area is 214 Å². The lowest BCUT2D eigenvalue weighted by atomic mass is 9.85. The maximum Gasteiger partial charge on any atom is 0.255 e. The van der Waals surface area contributed by atoms with Crippen molar-refractivity contribution in [1.29, 1.82) is 5.26 Å². The van der Waals surface area contributed by atoms with Crippen LogP contribution in [-0.4, -0.2) is 41.8 Å². The van der Waals surface area contributed by atoms with E-state index < -0.39 is 17.1 Å². The lowest BCUT2D eigenvalue weighted by Gasteiger charge is -2.28. The molecule has 0 saturated carbocycles. The SMILES string of the molecule is CNc1ncc2c(n1)N1CCN=C1C(c1cc(NC(=O)c3cccc(C(C)(C)C#N)c3)c(F)cc1C)=C2. The molecule has 3 heterocycles. The molecule has 0 aliphatic carbocycles. The van der Waals surface area contributed by atoms with Gasteiger partial charge in [-0.25, -0.2) is 9.37 Å². The summed E-state index contributed by atoms with van der Waals surface area (Å²) >= 11 is 0. The summed E-state index contributed by atoms with van der Waals surface area (Å²) in [5, 5.41) is 15.1. The molecule has 9 heteroatoms. The van der Waals surface area contributed by atoms with E-state index in [0.29, 0.717) is 35.7 Å². The number of halogens is 1. The number of nitriles is 1. The molecule has 0 saturated heterocycles. The third-order valence-electron chi connectivity index (χ3n) is 6.64. The average Bonchev–Trinajstić information content (AvgIpc) is 3.40. The molecule has 1 amide bonds. The highest BCUT2D eigenvalue weighted by atomic mass is 19.1. The molecule has 0 spiro atoms. The van der Waals surface area contributed by atoms with E-state index in [1.54, 1.807) is 57.4 Å². The monoisotopic (exact) mass is 495 g/mol. The van der Waals surface area contributed by atoms with Crippen molar-refractivity contribution in [3.05, 3.63) is 76.2 Å². The first-order valence-corrected chi connectivity index (χ1v) is 11.9. The molecule has 3 aromatic rings. The van der Waals surface area contributed by atoms with E-state index in [2.05, 4.69) is 26.7 Å². The fourth-order valence-corrected chi connectivity index (χ4v) is 4.49. The van der Waals surface area contributed by atoms with Crippen LogP contribution in [0.5, 0.6) is 0 Å². The summed E-state index contributed by atoms with van der Waals surface area (Å²) in [6.07, 6.45) is 3.70. The van der Waals surface area contributed by atoms with Gasteiger partial charge in [0.2, 0.25) is 5.95 Å². The Balaban J connectivity index is 1.52. The van der Waals surface area contributed by atoms with Crippen molar-refractivity contribution in [3.8, 4) is 6.07 Å². The minimum atomic E-state index is -0.756. The first-order valence-electron chi connectivity index (χ1n) is 11.9. The van der Waals surface area contributed by atoms with E-state index in [1.165, 1.54) is 6.07 Å². The number of amides is 1. The molecule has 0 radical (unpaired) electrons. The van der Waals surface area contributed by atoms with Crippen LogP contribution < -0.4 is 15.5 Å². The highest BCUT2D eigenvalue weighted by Gasteiger charge is 2.31. The predicted molar refractivity (Wildman–Crippen MR) is 143 cm³/mol. The minimum absolute atomic E-state index is 0.0640. The van der Waals surface area contributed by atoms with Crippen LogP contribution in [0.3, 0.4) is 0 Å². The molecule has 0 unspecified atom stereocenters. The van der Waals surface area contributed by atoms with Crippen LogP contribution in [0.4, 0.5) is 21.8 Å². The van der Waals surface area contributed by atoms with Crippen molar-refractivity contribution in [2.75, 3.05) is 35.7 Å². The lowest BCUT2D eigenvalue weighted by Crippen LogP contribution is -2.32. The van der Waals surface area contributed by atoms with E-state index in [0.717, 1.165) is 28.4 Å². The number of aryl methyl sites for hydroxylation is 1. The Morgan fingerprint density at radius 3 is 2.81 bits per heavy atom. The van der Waals surface area contributed by atoms with Gasteiger partial charge in [-0.05, 0) is 67.8 Å². The lowest BCUT2D eigenvalue weighted by molar-refractivity contribution is 0.102. The standard InChI is InChI=1S/C28H26FN7O/c1-16-10-22(29)23(34-26(37)17-6-5-7-19(11-17)28(2,3)15-30)13-20(16)21-12-18-14-33-27(31-4)35-24(18)36-9-8-32-25(21)36/h5-7,10-14H,8-9H2,1-4H3,(H,34,37)(H,31,33,35). The summed E-state index contributed by atoms with van der Waals surface area (Å²) in [7, 11) is 1.77. The summed E-state index contributed by atoms with van der Waals surface area (Å²) in [4.78, 5) is 28.8. The zero-order valence-corrected chi connectivity index (χ0v) is 21.1. The van der Waals surface area contributed by atoms with Crippen LogP contribution in [-0.2, 0) is 5.41 Å². The Bertz CT molecular complexity index is 1530.